The number of anilines is 1. The molecule has 1 heterocycles. The number of aryl methyl sites for hydroxylation is 2. The van der Waals surface area contributed by atoms with Gasteiger partial charge in [0.05, 0.1) is 19.0 Å². The fraction of sp³-hybridized carbons (Fsp3) is 0.500. The van der Waals surface area contributed by atoms with Crippen molar-refractivity contribution in [3.8, 4) is 6.07 Å². The maximum Gasteiger partial charge on any atom is 0.239 e. The average molecular weight is 151 g/mol. The van der Waals surface area contributed by atoms with Crippen LogP contribution in [0.2, 0.25) is 0 Å². The fourth-order valence-electron chi connectivity index (χ4n) is 0.810. The standard InChI is InChI=1S/C6H9N5/c1-5-9-6(8)10-11(5)4-2-3-7/h2,4H2,1H3,(H2,8,10). The second kappa shape index (κ2) is 3.01. The van der Waals surface area contributed by atoms with Gasteiger partial charge in [0.15, 0.2) is 0 Å². The van der Waals surface area contributed by atoms with Crippen LogP contribution in [0, 0.1) is 18.3 Å². The van der Waals surface area contributed by atoms with Gasteiger partial charge in [-0.25, -0.2) is 4.68 Å². The molecule has 0 aliphatic carbocycles. The number of rotatable bonds is 2. The molecule has 0 atom stereocenters. The molecule has 0 bridgehead atoms. The first-order chi connectivity index (χ1) is 5.24. The van der Waals surface area contributed by atoms with Gasteiger partial charge in [0.25, 0.3) is 0 Å². The topological polar surface area (TPSA) is 80.5 Å². The molecular formula is C6H9N5. The Morgan fingerprint density at radius 1 is 1.73 bits per heavy atom. The Morgan fingerprint density at radius 3 is 2.91 bits per heavy atom. The Balaban J connectivity index is 2.71. The third-order valence-corrected chi connectivity index (χ3v) is 1.31. The minimum Gasteiger partial charge on any atom is -0.366 e. The summed E-state index contributed by atoms with van der Waals surface area (Å²) in [5.74, 6) is 1.01. The third-order valence-electron chi connectivity index (χ3n) is 1.31. The Hall–Kier alpha value is -1.57. The zero-order chi connectivity index (χ0) is 8.27. The average Bonchev–Trinajstić information content (AvgIpc) is 2.26. The monoisotopic (exact) mass is 151 g/mol. The summed E-state index contributed by atoms with van der Waals surface area (Å²) in [5, 5.41) is 12.2. The van der Waals surface area contributed by atoms with Crippen LogP contribution in [0.4, 0.5) is 5.95 Å². The molecule has 1 aromatic rings. The smallest absolute Gasteiger partial charge is 0.239 e. The van der Waals surface area contributed by atoms with Crippen LogP contribution >= 0.6 is 0 Å². The van der Waals surface area contributed by atoms with Gasteiger partial charge in [0.1, 0.15) is 5.82 Å². The van der Waals surface area contributed by atoms with E-state index in [0.717, 1.165) is 5.82 Å². The molecule has 0 unspecified atom stereocenters. The molecule has 0 saturated carbocycles. The summed E-state index contributed by atoms with van der Waals surface area (Å²) < 4.78 is 1.62. The van der Waals surface area contributed by atoms with Crippen LogP contribution in [-0.2, 0) is 6.54 Å². The van der Waals surface area contributed by atoms with Gasteiger partial charge in [-0.05, 0) is 6.92 Å². The largest absolute Gasteiger partial charge is 0.366 e. The zero-order valence-electron chi connectivity index (χ0n) is 6.28. The van der Waals surface area contributed by atoms with Crippen molar-refractivity contribution >= 4 is 5.95 Å². The van der Waals surface area contributed by atoms with E-state index in [9.17, 15) is 0 Å². The summed E-state index contributed by atoms with van der Waals surface area (Å²) >= 11 is 0. The summed E-state index contributed by atoms with van der Waals surface area (Å²) in [7, 11) is 0. The predicted molar refractivity (Wildman–Crippen MR) is 39.4 cm³/mol. The first kappa shape index (κ1) is 7.54. The van der Waals surface area contributed by atoms with E-state index in [1.54, 1.807) is 11.6 Å². The number of nitrogen functional groups attached to an aromatic ring is 1. The summed E-state index contributed by atoms with van der Waals surface area (Å²) in [6.45, 7) is 2.37. The van der Waals surface area contributed by atoms with Crippen molar-refractivity contribution in [2.24, 2.45) is 0 Å². The van der Waals surface area contributed by atoms with Crippen LogP contribution in [-0.4, -0.2) is 14.8 Å². The van der Waals surface area contributed by atoms with Crippen LogP contribution < -0.4 is 5.73 Å². The molecule has 1 aromatic heterocycles. The van der Waals surface area contributed by atoms with Gasteiger partial charge >= 0.3 is 0 Å². The molecule has 5 nitrogen and oxygen atoms in total. The highest BCUT2D eigenvalue weighted by atomic mass is 15.4. The van der Waals surface area contributed by atoms with Crippen LogP contribution in [0.1, 0.15) is 12.2 Å². The minimum absolute atomic E-state index is 0.264. The van der Waals surface area contributed by atoms with Crippen LogP contribution in [0.5, 0.6) is 0 Å². The second-order valence-electron chi connectivity index (χ2n) is 2.15. The Bertz CT molecular complexity index is 282. The molecule has 0 aromatic carbocycles. The highest BCUT2D eigenvalue weighted by Gasteiger charge is 2.00. The summed E-state index contributed by atoms with van der Waals surface area (Å²) in [5.41, 5.74) is 5.33. The molecular weight excluding hydrogens is 142 g/mol. The molecule has 0 aliphatic rings. The quantitative estimate of drug-likeness (QED) is 0.649. The third kappa shape index (κ3) is 1.67. The zero-order valence-corrected chi connectivity index (χ0v) is 6.28. The van der Waals surface area contributed by atoms with Gasteiger partial charge in [-0.15, -0.1) is 5.10 Å². The Labute approximate surface area is 64.5 Å². The second-order valence-corrected chi connectivity index (χ2v) is 2.15. The number of nitrogens with zero attached hydrogens (tertiary/aromatic N) is 4. The lowest BCUT2D eigenvalue weighted by atomic mass is 10.5. The van der Waals surface area contributed by atoms with E-state index in [2.05, 4.69) is 10.1 Å². The fourth-order valence-corrected chi connectivity index (χ4v) is 0.810. The van der Waals surface area contributed by atoms with E-state index >= 15 is 0 Å². The number of hydrogen-bond acceptors (Lipinski definition) is 4. The van der Waals surface area contributed by atoms with E-state index in [4.69, 9.17) is 11.0 Å². The molecule has 0 saturated heterocycles. The highest BCUT2D eigenvalue weighted by molar-refractivity contribution is 5.13. The molecule has 2 N–H and O–H groups in total. The number of nitriles is 1. The molecule has 11 heavy (non-hydrogen) atoms. The molecule has 0 spiro atoms. The Morgan fingerprint density at radius 2 is 2.45 bits per heavy atom. The predicted octanol–water partition coefficient (Wildman–Crippen LogP) is 0.0824. The first-order valence-corrected chi connectivity index (χ1v) is 3.28. The minimum atomic E-state index is 0.264. The highest BCUT2D eigenvalue weighted by Crippen LogP contribution is 1.98. The van der Waals surface area contributed by atoms with E-state index in [1.807, 2.05) is 6.07 Å². The van der Waals surface area contributed by atoms with Crippen molar-refractivity contribution in [3.05, 3.63) is 5.82 Å². The van der Waals surface area contributed by atoms with Crippen molar-refractivity contribution in [2.45, 2.75) is 19.9 Å². The van der Waals surface area contributed by atoms with E-state index in [0.29, 0.717) is 13.0 Å². The molecule has 0 radical (unpaired) electrons. The molecule has 58 valence electrons. The first-order valence-electron chi connectivity index (χ1n) is 3.28. The van der Waals surface area contributed by atoms with E-state index in [1.165, 1.54) is 0 Å². The maximum atomic E-state index is 8.28. The lowest BCUT2D eigenvalue weighted by Crippen LogP contribution is -2.02. The van der Waals surface area contributed by atoms with Gasteiger partial charge in [-0.3, -0.25) is 0 Å². The number of hydrogen-bond donors (Lipinski definition) is 1. The van der Waals surface area contributed by atoms with Gasteiger partial charge in [0.2, 0.25) is 5.95 Å². The lowest BCUT2D eigenvalue weighted by Gasteiger charge is -1.95. The van der Waals surface area contributed by atoms with Crippen LogP contribution in [0.15, 0.2) is 0 Å². The SMILES string of the molecule is Cc1nc(N)nn1CCC#N. The molecule has 0 amide bonds. The summed E-state index contributed by atoms with van der Waals surface area (Å²) in [6.07, 6.45) is 0.434. The van der Waals surface area contributed by atoms with Gasteiger partial charge in [-0.1, -0.05) is 0 Å². The normalized spacial score (nSPS) is 9.45. The van der Waals surface area contributed by atoms with Crippen molar-refractivity contribution in [3.63, 3.8) is 0 Å². The van der Waals surface area contributed by atoms with Gasteiger partial charge < -0.3 is 5.73 Å². The van der Waals surface area contributed by atoms with Crippen molar-refractivity contribution < 1.29 is 0 Å². The molecule has 5 heteroatoms. The molecule has 0 aliphatic heterocycles. The van der Waals surface area contributed by atoms with Crippen molar-refractivity contribution in [1.29, 1.82) is 5.26 Å². The van der Waals surface area contributed by atoms with Gasteiger partial charge in [0, 0.05) is 0 Å². The Kier molecular flexibility index (Phi) is 2.06. The van der Waals surface area contributed by atoms with Crippen molar-refractivity contribution in [2.75, 3.05) is 5.73 Å². The van der Waals surface area contributed by atoms with Gasteiger partial charge in [-0.2, -0.15) is 10.2 Å². The van der Waals surface area contributed by atoms with Crippen LogP contribution in [0.3, 0.4) is 0 Å². The summed E-state index contributed by atoms with van der Waals surface area (Å²) in [6, 6.07) is 2.02. The molecule has 0 fully saturated rings. The summed E-state index contributed by atoms with van der Waals surface area (Å²) in [4.78, 5) is 3.88. The van der Waals surface area contributed by atoms with E-state index in [-0.39, 0.29) is 5.95 Å². The van der Waals surface area contributed by atoms with Crippen LogP contribution in [0.25, 0.3) is 0 Å². The maximum absolute atomic E-state index is 8.28. The molecule has 1 rings (SSSR count). The lowest BCUT2D eigenvalue weighted by molar-refractivity contribution is 0.608. The number of aromatic nitrogens is 3. The van der Waals surface area contributed by atoms with E-state index < -0.39 is 0 Å². The number of nitrogens with two attached hydrogens (primary N) is 1. The van der Waals surface area contributed by atoms with Crippen molar-refractivity contribution in [1.82, 2.24) is 14.8 Å².